The third-order valence-electron chi connectivity index (χ3n) is 8.38. The lowest BCUT2D eigenvalue weighted by molar-refractivity contribution is -0.306. The first-order valence-electron chi connectivity index (χ1n) is 14.5. The summed E-state index contributed by atoms with van der Waals surface area (Å²) < 4.78 is 27.6. The Morgan fingerprint density at radius 3 is 1.39 bits per heavy atom. The smallest absolute Gasteiger partial charge is 0.186 e. The predicted molar refractivity (Wildman–Crippen MR) is 158 cm³/mol. The molecule has 0 radical (unpaired) electrons. The first kappa shape index (κ1) is 39.1. The van der Waals surface area contributed by atoms with Crippen LogP contribution in [0.25, 0.3) is 0 Å². The fourth-order valence-corrected chi connectivity index (χ4v) is 9.39. The first-order valence-corrected chi connectivity index (χ1v) is 17.3. The highest BCUT2D eigenvalue weighted by molar-refractivity contribution is 8.01. The van der Waals surface area contributed by atoms with Gasteiger partial charge in [-0.1, -0.05) is 0 Å². The number of aliphatic hydroxyl groups excluding tert-OH is 13. The van der Waals surface area contributed by atoms with Gasteiger partial charge in [-0.2, -0.15) is 0 Å². The van der Waals surface area contributed by atoms with E-state index in [0.29, 0.717) is 0 Å². The van der Waals surface area contributed by atoms with Crippen LogP contribution in [-0.2, 0) is 23.7 Å². The Kier molecular flexibility index (Phi) is 14.5. The van der Waals surface area contributed by atoms with Gasteiger partial charge in [0.1, 0.15) is 77.3 Å². The molecule has 0 aromatic carbocycles. The molecule has 18 nitrogen and oxygen atoms in total. The molecular formula is C25H44O18S3. The fourth-order valence-electron chi connectivity index (χ4n) is 5.51. The summed E-state index contributed by atoms with van der Waals surface area (Å²) in [5, 5.41) is 131. The number of hydrogen-bond donors (Lipinski definition) is 13. The normalized spacial score (nSPS) is 52.0. The van der Waals surface area contributed by atoms with Crippen LogP contribution >= 0.6 is 35.3 Å². The van der Waals surface area contributed by atoms with E-state index in [1.165, 1.54) is 7.11 Å². The van der Waals surface area contributed by atoms with Crippen LogP contribution in [0.1, 0.15) is 0 Å². The van der Waals surface area contributed by atoms with Crippen molar-refractivity contribution in [3.63, 3.8) is 0 Å². The van der Waals surface area contributed by atoms with Crippen molar-refractivity contribution in [1.29, 1.82) is 0 Å². The summed E-state index contributed by atoms with van der Waals surface area (Å²) in [6.45, 7) is -1.87. The monoisotopic (exact) mass is 728 g/mol. The molecule has 13 N–H and O–H groups in total. The van der Waals surface area contributed by atoms with Crippen LogP contribution in [0.4, 0.5) is 0 Å². The predicted octanol–water partition coefficient (Wildman–Crippen LogP) is -6.94. The molecule has 4 aliphatic rings. The van der Waals surface area contributed by atoms with Gasteiger partial charge in [0, 0.05) is 7.11 Å². The number of ether oxygens (including phenoxy) is 5. The van der Waals surface area contributed by atoms with E-state index in [4.69, 9.17) is 23.7 Å². The first-order chi connectivity index (χ1) is 21.7. The molecule has 0 aromatic rings. The van der Waals surface area contributed by atoms with Gasteiger partial charge in [0.25, 0.3) is 0 Å². The number of rotatable bonds is 11. The third kappa shape index (κ3) is 8.27. The van der Waals surface area contributed by atoms with Crippen molar-refractivity contribution in [3.05, 3.63) is 0 Å². The molecule has 0 saturated carbocycles. The summed E-state index contributed by atoms with van der Waals surface area (Å²) in [5.74, 6) is 0. The second-order valence-electron chi connectivity index (χ2n) is 11.4. The lowest BCUT2D eigenvalue weighted by Gasteiger charge is -2.46. The van der Waals surface area contributed by atoms with E-state index >= 15 is 0 Å². The Morgan fingerprint density at radius 2 is 0.935 bits per heavy atom. The van der Waals surface area contributed by atoms with Crippen LogP contribution in [0.2, 0.25) is 0 Å². The molecule has 4 aliphatic heterocycles. The fraction of sp³-hybridized carbons (Fsp3) is 1.00. The van der Waals surface area contributed by atoms with Crippen LogP contribution < -0.4 is 0 Å². The highest BCUT2D eigenvalue weighted by atomic mass is 32.2. The Labute approximate surface area is 276 Å². The zero-order chi connectivity index (χ0) is 34.0. The van der Waals surface area contributed by atoms with Gasteiger partial charge in [0.15, 0.2) is 6.29 Å². The summed E-state index contributed by atoms with van der Waals surface area (Å²) in [5.41, 5.74) is -3.65. The van der Waals surface area contributed by atoms with E-state index in [9.17, 15) is 66.4 Å². The van der Waals surface area contributed by atoms with E-state index in [2.05, 4.69) is 0 Å². The lowest BCUT2D eigenvalue weighted by atomic mass is 9.98. The molecular weight excluding hydrogens is 684 g/mol. The van der Waals surface area contributed by atoms with Crippen molar-refractivity contribution in [1.82, 2.24) is 0 Å². The molecule has 270 valence electrons. The quantitative estimate of drug-likeness (QED) is 0.0940. The van der Waals surface area contributed by atoms with E-state index in [0.717, 1.165) is 35.3 Å². The molecule has 0 amide bonds. The van der Waals surface area contributed by atoms with E-state index in [1.54, 1.807) is 0 Å². The van der Waals surface area contributed by atoms with E-state index in [1.807, 2.05) is 0 Å². The van der Waals surface area contributed by atoms with Crippen LogP contribution in [0.15, 0.2) is 0 Å². The van der Waals surface area contributed by atoms with Gasteiger partial charge in [0.05, 0.1) is 60.5 Å². The summed E-state index contributed by atoms with van der Waals surface area (Å²) >= 11 is 2.54. The van der Waals surface area contributed by atoms with Crippen molar-refractivity contribution >= 4 is 35.3 Å². The van der Waals surface area contributed by atoms with Crippen molar-refractivity contribution < 1.29 is 90.1 Å². The van der Waals surface area contributed by atoms with Gasteiger partial charge in [-0.25, -0.2) is 0 Å². The highest BCUT2D eigenvalue weighted by Crippen LogP contribution is 2.40. The molecule has 0 unspecified atom stereocenters. The third-order valence-corrected chi connectivity index (χ3v) is 12.7. The Balaban J connectivity index is 1.38. The number of thioether (sulfide) groups is 3. The average molecular weight is 729 g/mol. The minimum atomic E-state index is -1.76. The van der Waals surface area contributed by atoms with Gasteiger partial charge in [-0.15, -0.1) is 35.3 Å². The van der Waals surface area contributed by atoms with Crippen LogP contribution in [0.3, 0.4) is 0 Å². The van der Waals surface area contributed by atoms with Gasteiger partial charge in [-0.3, -0.25) is 0 Å². The SMILES string of the molecule is CO[C@H]1O[C@H](CO)[C@@H](O[C@H]2S[C@H](CO[C@H]3S[C@H](CO[C@H]4S[C@H](CO)[C@@H](O)[C@H](O)[C@H]4O)[C@@H](O)[C@H](O)[C@H]3O)[C@@H](O)[C@H](O)[C@H]2O)[C@H](O)[C@H]1O. The largest absolute Gasteiger partial charge is 0.395 e. The lowest BCUT2D eigenvalue weighted by Crippen LogP contribution is -2.63. The Hall–Kier alpha value is 0.330. The van der Waals surface area contributed by atoms with Crippen molar-refractivity contribution in [3.8, 4) is 0 Å². The molecule has 0 aromatic heterocycles. The van der Waals surface area contributed by atoms with E-state index in [-0.39, 0.29) is 13.2 Å². The summed E-state index contributed by atoms with van der Waals surface area (Å²) in [4.78, 5) is 0. The van der Waals surface area contributed by atoms with Crippen LogP contribution in [-0.4, -0.2) is 218 Å². The molecule has 46 heavy (non-hydrogen) atoms. The minimum Gasteiger partial charge on any atom is -0.395 e. The Bertz CT molecular complexity index is 943. The highest BCUT2D eigenvalue weighted by Gasteiger charge is 2.52. The topological polar surface area (TPSA) is 309 Å². The maximum absolute atomic E-state index is 10.7. The van der Waals surface area contributed by atoms with Gasteiger partial charge >= 0.3 is 0 Å². The Morgan fingerprint density at radius 1 is 0.500 bits per heavy atom. The molecule has 4 fully saturated rings. The molecule has 0 spiro atoms. The number of methoxy groups -OCH3 is 1. The van der Waals surface area contributed by atoms with Crippen LogP contribution in [0, 0.1) is 0 Å². The maximum Gasteiger partial charge on any atom is 0.186 e. The summed E-state index contributed by atoms with van der Waals surface area (Å²) in [6, 6.07) is 0. The van der Waals surface area contributed by atoms with Crippen LogP contribution in [0.5, 0.6) is 0 Å². The van der Waals surface area contributed by atoms with Gasteiger partial charge in [0.2, 0.25) is 0 Å². The number of hydrogen-bond acceptors (Lipinski definition) is 21. The molecule has 0 aliphatic carbocycles. The zero-order valence-electron chi connectivity index (χ0n) is 24.5. The standard InChI is InChI=1S/C25H44O18S3/c1-39-22-17(35)16(34)21(6(2-26)42-22)43-25-20(38)15(33)12(30)9(46-25)5-41-24-19(37)14(32)11(29)8(45-24)4-40-23-18(36)13(31)10(28)7(3-27)44-23/h6-38H,2-5H2,1H3/t6-,7-,8-,9-,10-,11-,12-,13+,14+,15+,16-,17-,18-,19-,20-,21-,22+,23+,24+,25+/m1/s1. The molecule has 4 heterocycles. The molecule has 4 saturated heterocycles. The molecule has 20 atom stereocenters. The summed E-state index contributed by atoms with van der Waals surface area (Å²) in [6.07, 6.45) is -21.5. The molecule has 21 heteroatoms. The van der Waals surface area contributed by atoms with Gasteiger partial charge in [-0.05, 0) is 0 Å². The van der Waals surface area contributed by atoms with Crippen molar-refractivity contribution in [2.24, 2.45) is 0 Å². The zero-order valence-corrected chi connectivity index (χ0v) is 26.9. The molecule has 4 rings (SSSR count). The second-order valence-corrected chi connectivity index (χ2v) is 15.5. The summed E-state index contributed by atoms with van der Waals surface area (Å²) in [7, 11) is 1.22. The van der Waals surface area contributed by atoms with Crippen molar-refractivity contribution in [2.75, 3.05) is 33.5 Å². The maximum atomic E-state index is 10.7. The molecule has 0 bridgehead atoms. The van der Waals surface area contributed by atoms with E-state index < -0.39 is 131 Å². The van der Waals surface area contributed by atoms with Crippen molar-refractivity contribution in [2.45, 2.75) is 118 Å². The second kappa shape index (κ2) is 17.0. The average Bonchev–Trinajstić information content (AvgIpc) is 3.05. The van der Waals surface area contributed by atoms with Gasteiger partial charge < -0.3 is 90.1 Å². The minimum absolute atomic E-state index is 0.319. The number of aliphatic hydroxyl groups is 13.